The molecule has 1 aromatic carbocycles. The average molecular weight is 620 g/mol. The number of likely N-dealkylation sites (tertiary alicyclic amines) is 1. The summed E-state index contributed by atoms with van der Waals surface area (Å²) in [4.78, 5) is 60.9. The number of pyridine rings is 1. The van der Waals surface area contributed by atoms with Crippen molar-refractivity contribution in [2.45, 2.75) is 71.1 Å². The lowest BCUT2D eigenvalue weighted by Crippen LogP contribution is -2.62. The van der Waals surface area contributed by atoms with Gasteiger partial charge in [0.2, 0.25) is 0 Å². The molecule has 5 rings (SSSR count). The summed E-state index contributed by atoms with van der Waals surface area (Å²) in [7, 11) is 3.76. The highest BCUT2D eigenvalue weighted by molar-refractivity contribution is 5.91. The van der Waals surface area contributed by atoms with E-state index in [1.165, 1.54) is 5.01 Å². The molecule has 45 heavy (non-hydrogen) atoms. The molecule has 12 heteroatoms. The molecule has 3 aliphatic rings. The molecule has 0 aliphatic carbocycles. The summed E-state index contributed by atoms with van der Waals surface area (Å²) in [5.74, 6) is -1.00. The molecule has 0 unspecified atom stereocenters. The number of hydrogen-bond donors (Lipinski definition) is 3. The Bertz CT molecular complexity index is 1480. The summed E-state index contributed by atoms with van der Waals surface area (Å²) in [5.41, 5.74) is 6.43. The number of carbonyl (C=O) groups excluding carboxylic acids is 4. The number of benzene rings is 1. The molecule has 242 valence electrons. The Morgan fingerprint density at radius 2 is 1.76 bits per heavy atom. The minimum atomic E-state index is -1.06. The lowest BCUT2D eigenvalue weighted by molar-refractivity contribution is -0.164. The summed E-state index contributed by atoms with van der Waals surface area (Å²) >= 11 is 0. The van der Waals surface area contributed by atoms with Crippen molar-refractivity contribution in [3.63, 3.8) is 0 Å². The van der Waals surface area contributed by atoms with Gasteiger partial charge in [0, 0.05) is 25.5 Å². The second-order valence-corrected chi connectivity index (χ2v) is 13.2. The lowest BCUT2D eigenvalue weighted by atomic mass is 9.90. The summed E-state index contributed by atoms with van der Waals surface area (Å²) in [5, 5.41) is 6.66. The highest BCUT2D eigenvalue weighted by Gasteiger charge is 2.36. The minimum absolute atomic E-state index is 0.169. The number of hydrogen-bond acceptors (Lipinski definition) is 9. The quantitative estimate of drug-likeness (QED) is 0.433. The highest BCUT2D eigenvalue weighted by atomic mass is 16.5. The number of aromatic nitrogens is 1. The van der Waals surface area contributed by atoms with E-state index < -0.39 is 35.5 Å². The number of esters is 1. The van der Waals surface area contributed by atoms with Crippen molar-refractivity contribution >= 4 is 46.5 Å². The SMILES string of the molecule is C[C@@H]1NC(=O)[C@H](C[C@@H]2CCCN(C)C2)OC(=O)C(C)(C)/C=C/c2ccc3ccc(nc3c2)N(C)NC(=O)[C@@H]2CCCN(N2)C1=O. The Kier molecular flexibility index (Phi) is 9.73. The third-order valence-electron chi connectivity index (χ3n) is 8.85. The van der Waals surface area contributed by atoms with Crippen molar-refractivity contribution < 1.29 is 23.9 Å². The van der Waals surface area contributed by atoms with E-state index in [-0.39, 0.29) is 17.7 Å². The summed E-state index contributed by atoms with van der Waals surface area (Å²) < 4.78 is 5.95. The van der Waals surface area contributed by atoms with E-state index >= 15 is 0 Å². The van der Waals surface area contributed by atoms with Crippen LogP contribution < -0.4 is 21.2 Å². The van der Waals surface area contributed by atoms with Gasteiger partial charge in [-0.25, -0.2) is 10.4 Å². The molecule has 2 fully saturated rings. The van der Waals surface area contributed by atoms with Crippen molar-refractivity contribution in [1.29, 1.82) is 0 Å². The zero-order chi connectivity index (χ0) is 32.3. The van der Waals surface area contributed by atoms with Crippen LogP contribution in [0.4, 0.5) is 5.82 Å². The van der Waals surface area contributed by atoms with E-state index in [2.05, 4.69) is 21.1 Å². The van der Waals surface area contributed by atoms with Gasteiger partial charge in [0.15, 0.2) is 6.10 Å². The smallest absolute Gasteiger partial charge is 0.316 e. The monoisotopic (exact) mass is 619 g/mol. The Labute approximate surface area is 264 Å². The van der Waals surface area contributed by atoms with Crippen LogP contribution in [0.1, 0.15) is 58.4 Å². The van der Waals surface area contributed by atoms with E-state index in [1.807, 2.05) is 43.5 Å². The van der Waals surface area contributed by atoms with Crippen LogP contribution in [-0.2, 0) is 23.9 Å². The Morgan fingerprint density at radius 1 is 1.00 bits per heavy atom. The molecular weight excluding hydrogens is 574 g/mol. The third-order valence-corrected chi connectivity index (χ3v) is 8.85. The molecular formula is C33H45N7O5. The van der Waals surface area contributed by atoms with Crippen molar-refractivity contribution in [3.8, 4) is 0 Å². The molecule has 12 nitrogen and oxygen atoms in total. The van der Waals surface area contributed by atoms with Gasteiger partial charge in [-0.05, 0) is 96.1 Å². The summed E-state index contributed by atoms with van der Waals surface area (Å²) in [6.07, 6.45) is 5.98. The van der Waals surface area contributed by atoms with Crippen molar-refractivity contribution in [3.05, 3.63) is 42.0 Å². The number of cyclic esters (lactones) is 1. The molecule has 1 aromatic heterocycles. The van der Waals surface area contributed by atoms with E-state index in [4.69, 9.17) is 9.72 Å². The first-order chi connectivity index (χ1) is 21.4. The van der Waals surface area contributed by atoms with E-state index in [9.17, 15) is 19.2 Å². The first kappa shape index (κ1) is 32.4. The molecule has 2 aromatic rings. The zero-order valence-corrected chi connectivity index (χ0v) is 26.8. The van der Waals surface area contributed by atoms with E-state index in [0.29, 0.717) is 31.6 Å². The first-order valence-corrected chi connectivity index (χ1v) is 15.8. The maximum atomic E-state index is 13.6. The number of nitrogens with zero attached hydrogens (tertiary/aromatic N) is 4. The van der Waals surface area contributed by atoms with Crippen LogP contribution in [0.2, 0.25) is 0 Å². The van der Waals surface area contributed by atoms with E-state index in [0.717, 1.165) is 42.4 Å². The normalized spacial score (nSPS) is 27.9. The lowest BCUT2D eigenvalue weighted by Gasteiger charge is -2.36. The van der Waals surface area contributed by atoms with Crippen LogP contribution >= 0.6 is 0 Å². The zero-order valence-electron chi connectivity index (χ0n) is 26.8. The molecule has 2 saturated heterocycles. The topological polar surface area (TPSA) is 136 Å². The van der Waals surface area contributed by atoms with Crippen LogP contribution in [0.25, 0.3) is 17.0 Å². The fourth-order valence-electron chi connectivity index (χ4n) is 6.08. The van der Waals surface area contributed by atoms with Gasteiger partial charge < -0.3 is 15.0 Å². The number of ether oxygens (including phenoxy) is 1. The van der Waals surface area contributed by atoms with Crippen molar-refractivity contribution in [2.75, 3.05) is 38.7 Å². The fraction of sp³-hybridized carbons (Fsp3) is 0.545. The summed E-state index contributed by atoms with van der Waals surface area (Å²) in [6.45, 7) is 7.28. The number of rotatable bonds is 2. The maximum absolute atomic E-state index is 13.6. The van der Waals surface area contributed by atoms with Gasteiger partial charge in [0.1, 0.15) is 17.9 Å². The number of hydrazine groups is 2. The van der Waals surface area contributed by atoms with E-state index in [1.54, 1.807) is 38.9 Å². The van der Waals surface area contributed by atoms with Crippen LogP contribution in [0.5, 0.6) is 0 Å². The van der Waals surface area contributed by atoms with Crippen molar-refractivity contribution in [1.82, 2.24) is 31.1 Å². The second kappa shape index (κ2) is 13.5. The molecule has 0 radical (unpaired) electrons. The van der Waals surface area contributed by atoms with Gasteiger partial charge in [-0.2, -0.15) is 0 Å². The third kappa shape index (κ3) is 7.80. The summed E-state index contributed by atoms with van der Waals surface area (Å²) in [6, 6.07) is 8.00. The predicted molar refractivity (Wildman–Crippen MR) is 171 cm³/mol. The van der Waals surface area contributed by atoms with Crippen LogP contribution in [0.3, 0.4) is 0 Å². The van der Waals surface area contributed by atoms with Gasteiger partial charge in [-0.3, -0.25) is 34.6 Å². The molecule has 3 N–H and O–H groups in total. The molecule has 3 aliphatic heterocycles. The maximum Gasteiger partial charge on any atom is 0.316 e. The number of piperidine rings is 1. The molecule has 4 atom stereocenters. The van der Waals surface area contributed by atoms with Crippen LogP contribution in [-0.4, -0.2) is 90.5 Å². The fourth-order valence-corrected chi connectivity index (χ4v) is 6.08. The van der Waals surface area contributed by atoms with Gasteiger partial charge >= 0.3 is 5.97 Å². The Balaban J connectivity index is 1.47. The minimum Gasteiger partial charge on any atom is -0.452 e. The Hall–Kier alpha value is -4.03. The predicted octanol–water partition coefficient (Wildman–Crippen LogP) is 2.40. The first-order valence-electron chi connectivity index (χ1n) is 15.8. The molecule has 0 saturated carbocycles. The number of nitrogens with one attached hydrogen (secondary N) is 3. The number of amides is 3. The molecule has 0 spiro atoms. The Morgan fingerprint density at radius 3 is 2.53 bits per heavy atom. The second-order valence-electron chi connectivity index (χ2n) is 13.2. The van der Waals surface area contributed by atoms with Crippen LogP contribution in [0.15, 0.2) is 36.4 Å². The number of fused-ring (bicyclic) bond motifs is 4. The number of carbonyl (C=O) groups is 4. The van der Waals surface area contributed by atoms with Gasteiger partial charge in [-0.1, -0.05) is 24.3 Å². The molecule has 4 heterocycles. The highest BCUT2D eigenvalue weighted by Crippen LogP contribution is 2.27. The molecule has 5 bridgehead atoms. The molecule has 3 amide bonds. The van der Waals surface area contributed by atoms with Gasteiger partial charge in [0.25, 0.3) is 17.7 Å². The van der Waals surface area contributed by atoms with Crippen LogP contribution in [0, 0.1) is 11.3 Å². The average Bonchev–Trinajstić information content (AvgIpc) is 3.02. The number of anilines is 1. The van der Waals surface area contributed by atoms with Crippen molar-refractivity contribution in [2.24, 2.45) is 11.3 Å². The largest absolute Gasteiger partial charge is 0.452 e. The van der Waals surface area contributed by atoms with Gasteiger partial charge in [0.05, 0.1) is 10.9 Å². The standard InChI is InChI=1S/C33H45N7O5/c1-21-31(43)40-17-7-9-25(36-40)29(41)37-39(5)28-13-12-24-11-10-22(18-26(24)35-28)14-15-33(2,3)32(44)45-27(30(42)34-21)19-23-8-6-16-38(4)20-23/h10-15,18,21,23,25,27,36H,6-9,16-17,19-20H2,1-5H3,(H,34,42)(H,37,41)/b15-14+/t21-,23-,25-,27-/m0/s1. The van der Waals surface area contributed by atoms with Gasteiger partial charge in [-0.15, -0.1) is 0 Å².